The highest BCUT2D eigenvalue weighted by Gasteiger charge is 2.32. The molecule has 3 N–H and O–H groups in total. The first-order valence-electron chi connectivity index (χ1n) is 10.8. The van der Waals surface area contributed by atoms with Crippen molar-refractivity contribution < 1.29 is 23.5 Å². The first kappa shape index (κ1) is 22.1. The van der Waals surface area contributed by atoms with Crippen molar-refractivity contribution in [1.29, 1.82) is 0 Å². The van der Waals surface area contributed by atoms with E-state index in [1.807, 2.05) is 24.4 Å². The summed E-state index contributed by atoms with van der Waals surface area (Å²) in [5.74, 6) is -1.27. The Hall–Kier alpha value is -4.67. The zero-order valence-corrected chi connectivity index (χ0v) is 18.6. The Morgan fingerprint density at radius 2 is 2.09 bits per heavy atom. The van der Waals surface area contributed by atoms with E-state index in [2.05, 4.69) is 20.6 Å². The summed E-state index contributed by atoms with van der Waals surface area (Å²) in [7, 11) is 0. The number of aromatic amines is 1. The van der Waals surface area contributed by atoms with E-state index >= 15 is 0 Å². The Morgan fingerprint density at radius 1 is 1.23 bits per heavy atom. The summed E-state index contributed by atoms with van der Waals surface area (Å²) in [6, 6.07) is 11.6. The van der Waals surface area contributed by atoms with Crippen LogP contribution in [0.1, 0.15) is 17.4 Å². The normalized spacial score (nSPS) is 15.3. The van der Waals surface area contributed by atoms with Gasteiger partial charge in [-0.2, -0.15) is 0 Å². The van der Waals surface area contributed by atoms with E-state index < -0.39 is 23.9 Å². The van der Waals surface area contributed by atoms with E-state index in [9.17, 15) is 18.8 Å². The molecule has 3 heterocycles. The van der Waals surface area contributed by atoms with Gasteiger partial charge in [-0.25, -0.2) is 14.2 Å². The molecule has 3 amide bonds. The van der Waals surface area contributed by atoms with Gasteiger partial charge in [0.15, 0.2) is 0 Å². The Labute approximate surface area is 198 Å². The van der Waals surface area contributed by atoms with Crippen molar-refractivity contribution in [3.8, 4) is 5.69 Å². The molecule has 0 saturated carbocycles. The largest absolute Gasteiger partial charge is 0.442 e. The molecule has 1 fully saturated rings. The molecule has 0 spiro atoms. The highest BCUT2D eigenvalue weighted by Crippen LogP contribution is 2.26. The summed E-state index contributed by atoms with van der Waals surface area (Å²) in [6.07, 6.45) is 3.44. The van der Waals surface area contributed by atoms with E-state index in [0.29, 0.717) is 11.4 Å². The molecule has 1 aliphatic heterocycles. The van der Waals surface area contributed by atoms with Crippen LogP contribution in [0.3, 0.4) is 0 Å². The summed E-state index contributed by atoms with van der Waals surface area (Å²) in [5.41, 5.74) is 2.17. The van der Waals surface area contributed by atoms with Gasteiger partial charge in [-0.3, -0.25) is 14.5 Å². The fourth-order valence-corrected chi connectivity index (χ4v) is 3.87. The average Bonchev–Trinajstić information content (AvgIpc) is 3.57. The molecule has 2 aromatic carbocycles. The lowest BCUT2D eigenvalue weighted by molar-refractivity contribution is -0.119. The number of carbonyl (C=O) groups excluding carboxylic acids is 3. The number of fused-ring (bicyclic) bond motifs is 1. The molecule has 4 aromatic rings. The van der Waals surface area contributed by atoms with Crippen LogP contribution in [0.2, 0.25) is 0 Å². The van der Waals surface area contributed by atoms with Crippen LogP contribution in [-0.4, -0.2) is 51.6 Å². The van der Waals surface area contributed by atoms with Gasteiger partial charge in [-0.15, -0.1) is 0 Å². The second-order valence-electron chi connectivity index (χ2n) is 8.09. The summed E-state index contributed by atoms with van der Waals surface area (Å²) >= 11 is 0. The van der Waals surface area contributed by atoms with Crippen molar-refractivity contribution in [1.82, 2.24) is 19.9 Å². The van der Waals surface area contributed by atoms with Gasteiger partial charge in [-0.05, 0) is 42.5 Å². The van der Waals surface area contributed by atoms with Gasteiger partial charge in [0, 0.05) is 35.9 Å². The summed E-state index contributed by atoms with van der Waals surface area (Å²) in [5, 5.41) is 6.34. The quantitative estimate of drug-likeness (QED) is 0.395. The molecule has 0 bridgehead atoms. The number of hydrogen-bond donors (Lipinski definition) is 3. The van der Waals surface area contributed by atoms with Crippen LogP contribution < -0.4 is 15.5 Å². The smallest absolute Gasteiger partial charge is 0.414 e. The number of aromatic nitrogens is 3. The van der Waals surface area contributed by atoms with E-state index in [0.717, 1.165) is 10.9 Å². The molecule has 5 rings (SSSR count). The van der Waals surface area contributed by atoms with Gasteiger partial charge in [0.1, 0.15) is 23.9 Å². The van der Waals surface area contributed by atoms with Gasteiger partial charge in [0.05, 0.1) is 24.5 Å². The maximum Gasteiger partial charge on any atom is 0.414 e. The minimum absolute atomic E-state index is 0.117. The molecule has 1 saturated heterocycles. The second-order valence-corrected chi connectivity index (χ2v) is 8.09. The van der Waals surface area contributed by atoms with Gasteiger partial charge in [0.2, 0.25) is 5.91 Å². The number of carbonyl (C=O) groups is 3. The van der Waals surface area contributed by atoms with Crippen LogP contribution in [0.25, 0.3) is 16.6 Å². The van der Waals surface area contributed by atoms with Crippen molar-refractivity contribution in [3.05, 3.63) is 72.7 Å². The van der Waals surface area contributed by atoms with E-state index in [1.165, 1.54) is 41.0 Å². The predicted octanol–water partition coefficient (Wildman–Crippen LogP) is 3.21. The first-order valence-corrected chi connectivity index (χ1v) is 10.8. The van der Waals surface area contributed by atoms with Gasteiger partial charge in [0.25, 0.3) is 5.91 Å². The highest BCUT2D eigenvalue weighted by molar-refractivity contribution is 6.03. The monoisotopic (exact) mass is 476 g/mol. The maximum absolute atomic E-state index is 15.0. The number of hydrogen-bond acceptors (Lipinski definition) is 5. The lowest BCUT2D eigenvalue weighted by Crippen LogP contribution is -2.33. The van der Waals surface area contributed by atoms with Crippen LogP contribution in [0.5, 0.6) is 0 Å². The number of halogens is 1. The SMILES string of the molecule is CC(=O)NC[C@H]1CN(c2ccc(-n3cnc(C(=O)Nc4ccc5[nH]ccc5c4)c3)c(F)c2)C(=O)O1. The number of amides is 3. The third-order valence-electron chi connectivity index (χ3n) is 5.60. The van der Waals surface area contributed by atoms with E-state index in [4.69, 9.17) is 4.74 Å². The minimum atomic E-state index is -0.619. The number of rotatable bonds is 6. The zero-order chi connectivity index (χ0) is 24.5. The fraction of sp³-hybridized carbons (Fsp3) is 0.167. The van der Waals surface area contributed by atoms with Crippen molar-refractivity contribution >= 4 is 40.2 Å². The number of benzene rings is 2. The molecule has 1 aliphatic rings. The summed E-state index contributed by atoms with van der Waals surface area (Å²) in [4.78, 5) is 44.4. The average molecular weight is 476 g/mol. The van der Waals surface area contributed by atoms with Crippen LogP contribution >= 0.6 is 0 Å². The number of anilines is 2. The van der Waals surface area contributed by atoms with Crippen molar-refractivity contribution in [2.75, 3.05) is 23.3 Å². The highest BCUT2D eigenvalue weighted by atomic mass is 19.1. The molecule has 1 atom stereocenters. The molecule has 0 unspecified atom stereocenters. The van der Waals surface area contributed by atoms with Gasteiger partial charge >= 0.3 is 6.09 Å². The van der Waals surface area contributed by atoms with E-state index in [-0.39, 0.29) is 30.4 Å². The van der Waals surface area contributed by atoms with Crippen molar-refractivity contribution in [3.63, 3.8) is 0 Å². The molecular weight excluding hydrogens is 455 g/mol. The van der Waals surface area contributed by atoms with Crippen molar-refractivity contribution in [2.24, 2.45) is 0 Å². The van der Waals surface area contributed by atoms with Crippen LogP contribution in [0.15, 0.2) is 61.2 Å². The lowest BCUT2D eigenvalue weighted by Gasteiger charge is -2.14. The molecule has 0 aliphatic carbocycles. The number of nitrogens with one attached hydrogen (secondary N) is 3. The topological polar surface area (TPSA) is 121 Å². The molecular formula is C24H21FN6O4. The van der Waals surface area contributed by atoms with E-state index in [1.54, 1.807) is 12.1 Å². The third-order valence-corrected chi connectivity index (χ3v) is 5.60. The predicted molar refractivity (Wildman–Crippen MR) is 126 cm³/mol. The van der Waals surface area contributed by atoms with Crippen LogP contribution in [-0.2, 0) is 9.53 Å². The lowest BCUT2D eigenvalue weighted by atomic mass is 10.2. The minimum Gasteiger partial charge on any atom is -0.442 e. The summed E-state index contributed by atoms with van der Waals surface area (Å²) < 4.78 is 21.6. The zero-order valence-electron chi connectivity index (χ0n) is 18.6. The number of ether oxygens (including phenoxy) is 1. The first-order chi connectivity index (χ1) is 16.9. The standard InChI is InChI=1S/C24H21FN6O4/c1-14(32)27-10-18-11-31(24(34)35-18)17-3-5-22(19(25)9-17)30-12-21(28-13-30)23(33)29-16-2-4-20-15(8-16)6-7-26-20/h2-9,12-13,18,26H,10-11H2,1H3,(H,27,32)(H,29,33)/t18-/m0/s1. The molecule has 2 aromatic heterocycles. The maximum atomic E-state index is 15.0. The fourth-order valence-electron chi connectivity index (χ4n) is 3.87. The number of nitrogens with zero attached hydrogens (tertiary/aromatic N) is 3. The third kappa shape index (κ3) is 4.56. The van der Waals surface area contributed by atoms with Crippen molar-refractivity contribution in [2.45, 2.75) is 13.0 Å². The summed E-state index contributed by atoms with van der Waals surface area (Å²) in [6.45, 7) is 1.73. The van der Waals surface area contributed by atoms with Crippen LogP contribution in [0.4, 0.5) is 20.6 Å². The number of H-pyrrole nitrogens is 1. The number of imidazole rings is 1. The molecule has 35 heavy (non-hydrogen) atoms. The molecule has 11 heteroatoms. The second kappa shape index (κ2) is 8.93. The van der Waals surface area contributed by atoms with Gasteiger partial charge in [-0.1, -0.05) is 0 Å². The Morgan fingerprint density at radius 3 is 2.89 bits per heavy atom. The Balaban J connectivity index is 1.28. The number of cyclic esters (lactones) is 1. The molecule has 178 valence electrons. The molecule has 10 nitrogen and oxygen atoms in total. The molecule has 0 radical (unpaired) electrons. The Kier molecular flexibility index (Phi) is 5.65. The Bertz CT molecular complexity index is 1440. The van der Waals surface area contributed by atoms with Crippen LogP contribution in [0, 0.1) is 5.82 Å². The van der Waals surface area contributed by atoms with Gasteiger partial charge < -0.3 is 24.9 Å².